The van der Waals surface area contributed by atoms with Gasteiger partial charge in [0.2, 0.25) is 0 Å². The predicted molar refractivity (Wildman–Crippen MR) is 97.3 cm³/mol. The minimum atomic E-state index is -1.12. The van der Waals surface area contributed by atoms with E-state index in [4.69, 9.17) is 11.6 Å². The fourth-order valence-electron chi connectivity index (χ4n) is 2.95. The molecule has 24 heavy (non-hydrogen) atoms. The molecule has 0 unspecified atom stereocenters. The summed E-state index contributed by atoms with van der Waals surface area (Å²) >= 11 is 6.58. The lowest BCUT2D eigenvalue weighted by Gasteiger charge is -2.29. The zero-order chi connectivity index (χ0) is 17.2. The van der Waals surface area contributed by atoms with Gasteiger partial charge in [-0.1, -0.05) is 60.1 Å². The molecule has 0 bridgehead atoms. The Morgan fingerprint density at radius 2 is 1.17 bits per heavy atom. The Bertz CT molecular complexity index is 796. The van der Waals surface area contributed by atoms with Crippen LogP contribution in [0.25, 0.3) is 21.5 Å². The van der Waals surface area contributed by atoms with Crippen molar-refractivity contribution < 1.29 is 15.3 Å². The number of halogens is 1. The van der Waals surface area contributed by atoms with Gasteiger partial charge in [-0.15, -0.1) is 0 Å². The van der Waals surface area contributed by atoms with Crippen LogP contribution in [0, 0.1) is 0 Å². The van der Waals surface area contributed by atoms with Crippen LogP contribution in [-0.4, -0.2) is 40.7 Å². The van der Waals surface area contributed by atoms with Gasteiger partial charge in [0.15, 0.2) is 0 Å². The lowest BCUT2D eigenvalue weighted by Crippen LogP contribution is -2.54. The van der Waals surface area contributed by atoms with Gasteiger partial charge in [-0.2, -0.15) is 0 Å². The maximum absolute atomic E-state index is 9.52. The molecule has 126 valence electrons. The highest BCUT2D eigenvalue weighted by atomic mass is 35.5. The minimum absolute atomic E-state index is 0.358. The van der Waals surface area contributed by atoms with Crippen molar-refractivity contribution in [3.63, 3.8) is 0 Å². The van der Waals surface area contributed by atoms with Gasteiger partial charge in [0.05, 0.1) is 30.4 Å². The van der Waals surface area contributed by atoms with E-state index in [0.717, 1.165) is 27.1 Å². The molecular formula is C19H20ClNO3. The first-order chi connectivity index (χ1) is 11.7. The van der Waals surface area contributed by atoms with Gasteiger partial charge < -0.3 is 20.6 Å². The highest BCUT2D eigenvalue weighted by molar-refractivity contribution is 6.41. The largest absolute Gasteiger partial charge is 0.394 e. The topological polar surface area (TPSA) is 72.7 Å². The first-order valence-corrected chi connectivity index (χ1v) is 8.19. The molecule has 0 atom stereocenters. The van der Waals surface area contributed by atoms with Crippen LogP contribution in [0.1, 0.15) is 5.56 Å². The zero-order valence-corrected chi connectivity index (χ0v) is 13.9. The Labute approximate surface area is 145 Å². The highest BCUT2D eigenvalue weighted by Crippen LogP contribution is 2.36. The molecule has 3 aromatic rings. The van der Waals surface area contributed by atoms with Gasteiger partial charge in [-0.25, -0.2) is 0 Å². The molecule has 0 amide bonds. The minimum Gasteiger partial charge on any atom is -0.394 e. The number of hydrogen-bond acceptors (Lipinski definition) is 4. The zero-order valence-electron chi connectivity index (χ0n) is 13.2. The Balaban J connectivity index is 2.16. The van der Waals surface area contributed by atoms with Crippen molar-refractivity contribution in [2.24, 2.45) is 0 Å². The molecule has 3 aromatic carbocycles. The van der Waals surface area contributed by atoms with Crippen molar-refractivity contribution in [1.82, 2.24) is 5.32 Å². The summed E-state index contributed by atoms with van der Waals surface area (Å²) in [6.07, 6.45) is 0. The van der Waals surface area contributed by atoms with Crippen LogP contribution in [0.3, 0.4) is 0 Å². The van der Waals surface area contributed by atoms with E-state index < -0.39 is 5.54 Å². The number of fused-ring (bicyclic) bond motifs is 2. The van der Waals surface area contributed by atoms with E-state index in [2.05, 4.69) is 5.32 Å². The lowest BCUT2D eigenvalue weighted by molar-refractivity contribution is 0.0415. The summed E-state index contributed by atoms with van der Waals surface area (Å²) < 4.78 is 0. The summed E-state index contributed by atoms with van der Waals surface area (Å²) in [5.74, 6) is 0. The average molecular weight is 346 g/mol. The van der Waals surface area contributed by atoms with Gasteiger partial charge >= 0.3 is 0 Å². The molecule has 0 saturated carbocycles. The molecule has 0 radical (unpaired) electrons. The Hall–Kier alpha value is -1.69. The maximum atomic E-state index is 9.52. The Kier molecular flexibility index (Phi) is 5.04. The maximum Gasteiger partial charge on any atom is 0.0884 e. The third kappa shape index (κ3) is 2.88. The number of benzene rings is 3. The van der Waals surface area contributed by atoms with Crippen LogP contribution in [0.15, 0.2) is 48.5 Å². The molecule has 0 aliphatic carbocycles. The molecule has 0 spiro atoms. The summed E-state index contributed by atoms with van der Waals surface area (Å²) in [6, 6.07) is 15.8. The van der Waals surface area contributed by atoms with Gasteiger partial charge in [-0.05, 0) is 16.3 Å². The summed E-state index contributed by atoms with van der Waals surface area (Å²) in [5.41, 5.74) is -0.104. The number of hydrogen-bond donors (Lipinski definition) is 4. The van der Waals surface area contributed by atoms with Crippen LogP contribution >= 0.6 is 11.6 Å². The molecule has 0 aliphatic rings. The van der Waals surface area contributed by atoms with Gasteiger partial charge in [0.25, 0.3) is 0 Å². The van der Waals surface area contributed by atoms with E-state index in [9.17, 15) is 15.3 Å². The van der Waals surface area contributed by atoms with Crippen molar-refractivity contribution in [2.75, 3.05) is 19.8 Å². The number of aliphatic hydroxyl groups excluding tert-OH is 3. The van der Waals surface area contributed by atoms with Gasteiger partial charge in [0, 0.05) is 17.3 Å². The average Bonchev–Trinajstić information content (AvgIpc) is 2.65. The van der Waals surface area contributed by atoms with Gasteiger partial charge in [-0.3, -0.25) is 0 Å². The summed E-state index contributed by atoms with van der Waals surface area (Å²) in [6.45, 7) is -0.684. The molecule has 4 nitrogen and oxygen atoms in total. The molecule has 3 rings (SSSR count). The van der Waals surface area contributed by atoms with Crippen LogP contribution in [0.5, 0.6) is 0 Å². The normalized spacial score (nSPS) is 12.2. The van der Waals surface area contributed by atoms with Crippen LogP contribution in [0.4, 0.5) is 0 Å². The Morgan fingerprint density at radius 3 is 1.58 bits per heavy atom. The smallest absolute Gasteiger partial charge is 0.0884 e. The van der Waals surface area contributed by atoms with E-state index in [0.29, 0.717) is 11.6 Å². The second kappa shape index (κ2) is 7.05. The molecule has 0 fully saturated rings. The fourth-order valence-corrected chi connectivity index (χ4v) is 3.28. The lowest BCUT2D eigenvalue weighted by atomic mass is 9.95. The molecule has 0 heterocycles. The quantitative estimate of drug-likeness (QED) is 0.518. The summed E-state index contributed by atoms with van der Waals surface area (Å²) in [7, 11) is 0. The standard InChI is InChI=1S/C19H20ClNO3/c20-18-15-7-3-1-5-13(15)17(14-6-2-4-8-16(14)18)9-21-19(10-22,11-23)12-24/h1-8,21-24H,9-12H2. The van der Waals surface area contributed by atoms with E-state index in [-0.39, 0.29) is 19.8 Å². The molecule has 0 aromatic heterocycles. The van der Waals surface area contributed by atoms with E-state index in [1.807, 2.05) is 48.5 Å². The number of aliphatic hydroxyl groups is 3. The molecule has 0 saturated heterocycles. The first kappa shape index (κ1) is 17.1. The van der Waals surface area contributed by atoms with Crippen molar-refractivity contribution in [3.8, 4) is 0 Å². The van der Waals surface area contributed by atoms with Crippen molar-refractivity contribution in [2.45, 2.75) is 12.1 Å². The highest BCUT2D eigenvalue weighted by Gasteiger charge is 2.27. The summed E-state index contributed by atoms with van der Waals surface area (Å²) in [5, 5.41) is 36.3. The van der Waals surface area contributed by atoms with Crippen LogP contribution in [0.2, 0.25) is 5.02 Å². The molecule has 4 N–H and O–H groups in total. The van der Waals surface area contributed by atoms with Crippen LogP contribution in [-0.2, 0) is 6.54 Å². The SMILES string of the molecule is OCC(CO)(CO)NCc1c2ccccc2c(Cl)c2ccccc12. The number of rotatable bonds is 6. The third-order valence-electron chi connectivity index (χ3n) is 4.53. The summed E-state index contributed by atoms with van der Waals surface area (Å²) in [4.78, 5) is 0. The third-order valence-corrected chi connectivity index (χ3v) is 4.93. The van der Waals surface area contributed by atoms with Crippen molar-refractivity contribution in [1.29, 1.82) is 0 Å². The predicted octanol–water partition coefficient (Wildman–Crippen LogP) is 2.45. The Morgan fingerprint density at radius 1 is 0.750 bits per heavy atom. The fraction of sp³-hybridized carbons (Fsp3) is 0.263. The number of nitrogens with one attached hydrogen (secondary N) is 1. The monoisotopic (exact) mass is 345 g/mol. The second-order valence-corrected chi connectivity index (χ2v) is 6.37. The molecule has 5 heteroatoms. The van der Waals surface area contributed by atoms with Crippen molar-refractivity contribution >= 4 is 33.1 Å². The van der Waals surface area contributed by atoms with Crippen molar-refractivity contribution in [3.05, 3.63) is 59.1 Å². The van der Waals surface area contributed by atoms with Gasteiger partial charge in [0.1, 0.15) is 0 Å². The molecular weight excluding hydrogens is 326 g/mol. The van der Waals surface area contributed by atoms with E-state index in [1.165, 1.54) is 0 Å². The molecule has 0 aliphatic heterocycles. The van der Waals surface area contributed by atoms with E-state index >= 15 is 0 Å². The first-order valence-electron chi connectivity index (χ1n) is 7.81. The van der Waals surface area contributed by atoms with Crippen LogP contribution < -0.4 is 5.32 Å². The van der Waals surface area contributed by atoms with E-state index in [1.54, 1.807) is 0 Å². The second-order valence-electron chi connectivity index (χ2n) is 5.99.